The highest BCUT2D eigenvalue weighted by Gasteiger charge is 2.55. The predicted octanol–water partition coefficient (Wildman–Crippen LogP) is 6.52. The number of aliphatic hydroxyl groups is 2. The van der Waals surface area contributed by atoms with Crippen LogP contribution in [0.4, 0.5) is 32.0 Å². The van der Waals surface area contributed by atoms with Crippen molar-refractivity contribution in [3.8, 4) is 5.75 Å². The topological polar surface area (TPSA) is 107 Å². The number of carbonyl (C=O) groups excluding carboxylic acids is 2. The van der Waals surface area contributed by atoms with Gasteiger partial charge in [0.25, 0.3) is 0 Å². The Labute approximate surface area is 261 Å². The van der Waals surface area contributed by atoms with E-state index in [1.807, 2.05) is 13.0 Å². The highest BCUT2D eigenvalue weighted by Crippen LogP contribution is 2.48. The maximum absolute atomic E-state index is 13.7. The first-order valence-corrected chi connectivity index (χ1v) is 14.8. The van der Waals surface area contributed by atoms with Gasteiger partial charge in [0.05, 0.1) is 48.0 Å². The molecule has 250 valence electrons. The molecular weight excluding hydrogens is 620 g/mol. The number of alkyl halides is 6. The monoisotopic (exact) mass is 655 g/mol. The summed E-state index contributed by atoms with van der Waals surface area (Å²) < 4.78 is 86.7. The minimum atomic E-state index is -5.20. The van der Waals surface area contributed by atoms with Gasteiger partial charge in [-0.3, -0.25) is 9.59 Å². The summed E-state index contributed by atoms with van der Waals surface area (Å²) in [7, 11) is 1.36. The van der Waals surface area contributed by atoms with Gasteiger partial charge in [0.1, 0.15) is 5.75 Å². The van der Waals surface area contributed by atoms with Crippen LogP contribution in [0.15, 0.2) is 59.2 Å². The standard InChI is InChI=1S/C33H35F6NO6/c1-3-6-18(11-19-7-4-5-8-26(19)42)9-10-27(43)28-20(17-46-2)12-24-29(25(28)16-41)31(45)40(30(24)44)23-14-21(32(34,35)36)13-22(15-23)33(37,38)39/h4-5,7-8,11,13-15,24-25,27,29,41-43H,3,6,9-10,12,16-17H2,1-2H3/b18-11+/t24-,25+,27-,29-/m1/s1. The zero-order valence-corrected chi connectivity index (χ0v) is 25.2. The van der Waals surface area contributed by atoms with Gasteiger partial charge in [-0.15, -0.1) is 0 Å². The summed E-state index contributed by atoms with van der Waals surface area (Å²) in [6.45, 7) is 1.15. The molecule has 1 fully saturated rings. The number of phenolic OH excluding ortho intramolecular Hbond substituents is 1. The van der Waals surface area contributed by atoms with Crippen molar-refractivity contribution in [1.82, 2.24) is 0 Å². The first-order chi connectivity index (χ1) is 21.6. The average Bonchev–Trinajstić information content (AvgIpc) is 3.24. The number of phenols is 1. The van der Waals surface area contributed by atoms with Crippen molar-refractivity contribution in [2.75, 3.05) is 25.2 Å². The van der Waals surface area contributed by atoms with Gasteiger partial charge < -0.3 is 20.1 Å². The third-order valence-electron chi connectivity index (χ3n) is 8.50. The molecule has 46 heavy (non-hydrogen) atoms. The molecule has 4 atom stereocenters. The summed E-state index contributed by atoms with van der Waals surface area (Å²) in [5.41, 5.74) is -2.06. The Morgan fingerprint density at radius 1 is 1.02 bits per heavy atom. The lowest BCUT2D eigenvalue weighted by Crippen LogP contribution is -2.39. The number of allylic oxidation sites excluding steroid dienone is 1. The zero-order chi connectivity index (χ0) is 34.0. The Morgan fingerprint density at radius 2 is 1.65 bits per heavy atom. The van der Waals surface area contributed by atoms with Crippen molar-refractivity contribution in [2.45, 2.75) is 57.5 Å². The van der Waals surface area contributed by atoms with Gasteiger partial charge in [-0.05, 0) is 61.1 Å². The van der Waals surface area contributed by atoms with Crippen molar-refractivity contribution in [3.63, 3.8) is 0 Å². The van der Waals surface area contributed by atoms with E-state index in [9.17, 15) is 51.3 Å². The number of rotatable bonds is 11. The first-order valence-electron chi connectivity index (χ1n) is 14.8. The second kappa shape index (κ2) is 14.0. The predicted molar refractivity (Wildman–Crippen MR) is 156 cm³/mol. The van der Waals surface area contributed by atoms with E-state index in [0.717, 1.165) is 12.0 Å². The lowest BCUT2D eigenvalue weighted by Gasteiger charge is -2.36. The van der Waals surface area contributed by atoms with E-state index in [0.29, 0.717) is 41.0 Å². The molecule has 2 aromatic carbocycles. The number of hydrogen-bond donors (Lipinski definition) is 3. The van der Waals surface area contributed by atoms with E-state index in [1.54, 1.807) is 24.3 Å². The van der Waals surface area contributed by atoms with Crippen LogP contribution in [-0.4, -0.2) is 53.6 Å². The van der Waals surface area contributed by atoms with Gasteiger partial charge >= 0.3 is 12.4 Å². The van der Waals surface area contributed by atoms with Crippen LogP contribution in [-0.2, 0) is 26.7 Å². The van der Waals surface area contributed by atoms with E-state index >= 15 is 0 Å². The molecule has 0 saturated carbocycles. The van der Waals surface area contributed by atoms with E-state index in [4.69, 9.17) is 4.74 Å². The maximum Gasteiger partial charge on any atom is 0.416 e. The van der Waals surface area contributed by atoms with E-state index in [2.05, 4.69) is 0 Å². The van der Waals surface area contributed by atoms with Crippen LogP contribution in [0.3, 0.4) is 0 Å². The van der Waals surface area contributed by atoms with Crippen LogP contribution >= 0.6 is 0 Å². The number of halogens is 6. The summed E-state index contributed by atoms with van der Waals surface area (Å²) in [6, 6.07) is 7.28. The van der Waals surface area contributed by atoms with Gasteiger partial charge in [-0.1, -0.05) is 43.2 Å². The normalized spacial score (nSPS) is 21.7. The van der Waals surface area contributed by atoms with Gasteiger partial charge in [0, 0.05) is 18.6 Å². The molecule has 0 unspecified atom stereocenters. The van der Waals surface area contributed by atoms with Crippen molar-refractivity contribution in [2.24, 2.45) is 17.8 Å². The molecule has 7 nitrogen and oxygen atoms in total. The second-order valence-electron chi connectivity index (χ2n) is 11.6. The number of aliphatic hydroxyl groups excluding tert-OH is 2. The summed E-state index contributed by atoms with van der Waals surface area (Å²) in [5.74, 6) is -5.67. The lowest BCUT2D eigenvalue weighted by molar-refractivity contribution is -0.143. The van der Waals surface area contributed by atoms with E-state index in [-0.39, 0.29) is 36.8 Å². The molecule has 3 N–H and O–H groups in total. The number of benzene rings is 2. The van der Waals surface area contributed by atoms with Gasteiger partial charge in [-0.25, -0.2) is 4.90 Å². The minimum absolute atomic E-state index is 0.0810. The van der Waals surface area contributed by atoms with Crippen LogP contribution in [0, 0.1) is 17.8 Å². The molecule has 13 heteroatoms. The van der Waals surface area contributed by atoms with Crippen molar-refractivity contribution >= 4 is 23.6 Å². The molecule has 2 aliphatic rings. The Hall–Kier alpha value is -3.68. The molecule has 1 heterocycles. The summed E-state index contributed by atoms with van der Waals surface area (Å²) >= 11 is 0. The quantitative estimate of drug-likeness (QED) is 0.145. The van der Waals surface area contributed by atoms with Crippen molar-refractivity contribution < 1.29 is 56.0 Å². The lowest BCUT2D eigenvalue weighted by atomic mass is 9.68. The fourth-order valence-corrected chi connectivity index (χ4v) is 6.49. The Bertz CT molecular complexity index is 1480. The van der Waals surface area contributed by atoms with Gasteiger partial charge in [0.2, 0.25) is 11.8 Å². The summed E-state index contributed by atoms with van der Waals surface area (Å²) in [4.78, 5) is 27.6. The fourth-order valence-electron chi connectivity index (χ4n) is 6.49. The molecular formula is C33H35F6NO6. The van der Waals surface area contributed by atoms with Crippen molar-refractivity contribution in [1.29, 1.82) is 0 Å². The van der Waals surface area contributed by atoms with Crippen LogP contribution in [0.1, 0.15) is 55.7 Å². The molecule has 0 aromatic heterocycles. The molecule has 2 aromatic rings. The molecule has 0 bridgehead atoms. The fraction of sp³-hybridized carbons (Fsp3) is 0.455. The number of amides is 2. The molecule has 2 amide bonds. The Balaban J connectivity index is 1.68. The molecule has 1 aliphatic carbocycles. The molecule has 0 radical (unpaired) electrons. The molecule has 1 saturated heterocycles. The number of hydrogen-bond acceptors (Lipinski definition) is 6. The second-order valence-corrected chi connectivity index (χ2v) is 11.6. The van der Waals surface area contributed by atoms with Crippen LogP contribution < -0.4 is 4.90 Å². The third kappa shape index (κ3) is 7.31. The van der Waals surface area contributed by atoms with Gasteiger partial charge in [0.15, 0.2) is 0 Å². The van der Waals surface area contributed by atoms with Crippen LogP contribution in [0.2, 0.25) is 0 Å². The average molecular weight is 656 g/mol. The number of carbonyl (C=O) groups is 2. The first kappa shape index (κ1) is 35.2. The molecule has 4 rings (SSSR count). The molecule has 1 aliphatic heterocycles. The molecule has 0 spiro atoms. The third-order valence-corrected chi connectivity index (χ3v) is 8.50. The van der Waals surface area contributed by atoms with Crippen LogP contribution in [0.5, 0.6) is 5.75 Å². The van der Waals surface area contributed by atoms with Crippen molar-refractivity contribution in [3.05, 3.63) is 75.9 Å². The number of aromatic hydroxyl groups is 1. The Morgan fingerprint density at radius 3 is 2.20 bits per heavy atom. The summed E-state index contributed by atoms with van der Waals surface area (Å²) in [5, 5.41) is 32.1. The van der Waals surface area contributed by atoms with E-state index < -0.39 is 71.4 Å². The number of imide groups is 1. The zero-order valence-electron chi connectivity index (χ0n) is 25.2. The highest BCUT2D eigenvalue weighted by molar-refractivity contribution is 6.22. The number of ether oxygens (including phenoxy) is 1. The number of methoxy groups -OCH3 is 1. The number of fused-ring (bicyclic) bond motifs is 1. The number of anilines is 1. The number of para-hydroxylation sites is 1. The highest BCUT2D eigenvalue weighted by atomic mass is 19.4. The number of nitrogens with zero attached hydrogens (tertiary/aromatic N) is 1. The smallest absolute Gasteiger partial charge is 0.416 e. The van der Waals surface area contributed by atoms with Crippen LogP contribution in [0.25, 0.3) is 6.08 Å². The minimum Gasteiger partial charge on any atom is -0.507 e. The largest absolute Gasteiger partial charge is 0.507 e. The van der Waals surface area contributed by atoms with Gasteiger partial charge in [-0.2, -0.15) is 26.3 Å². The van der Waals surface area contributed by atoms with E-state index in [1.165, 1.54) is 7.11 Å². The summed E-state index contributed by atoms with van der Waals surface area (Å²) in [6.07, 6.45) is -8.04. The Kier molecular flexibility index (Phi) is 10.7. The SMILES string of the molecule is CCC/C(=C\c1ccccc1O)CC[C@@H](O)C1=C(COC)C[C@H]2C(=O)N(c3cc(C(F)(F)F)cc(C(F)(F)F)c3)C(=O)[C@H]2[C@H]1CO. The maximum atomic E-state index is 13.7.